The Kier molecular flexibility index (Phi) is 7.46. The van der Waals surface area contributed by atoms with E-state index in [0.29, 0.717) is 0 Å². The summed E-state index contributed by atoms with van der Waals surface area (Å²) in [6.45, 7) is 0. The van der Waals surface area contributed by atoms with E-state index in [2.05, 4.69) is 8.00 Å². The Balaban J connectivity index is 3.07. The molecule has 0 heterocycles. The van der Waals surface area contributed by atoms with E-state index in [0.717, 1.165) is 5.39 Å². The van der Waals surface area contributed by atoms with Crippen LogP contribution in [0.4, 0.5) is 0 Å². The number of alkyl halides is 1. The first-order valence-corrected chi connectivity index (χ1v) is 5.56. The topological polar surface area (TPSA) is 30.9 Å². The molecule has 0 aliphatic heterocycles. The van der Waals surface area contributed by atoms with Crippen molar-refractivity contribution in [3.8, 4) is 0 Å². The van der Waals surface area contributed by atoms with E-state index in [1.54, 1.807) is 23.0 Å². The van der Waals surface area contributed by atoms with Gasteiger partial charge in [-0.15, -0.1) is 0 Å². The summed E-state index contributed by atoms with van der Waals surface area (Å²) < 4.78 is 9.36. The monoisotopic (exact) mass is 346 g/mol. The second-order valence-electron chi connectivity index (χ2n) is 0.698. The van der Waals surface area contributed by atoms with Gasteiger partial charge in [0.05, 0.1) is 0 Å². The molecule has 0 fully saturated rings. The van der Waals surface area contributed by atoms with Gasteiger partial charge in [-0.2, -0.15) is 0 Å². The average Bonchev–Trinajstić information content (AvgIpc) is 1.83. The van der Waals surface area contributed by atoms with E-state index in [-0.39, 0.29) is 21.6 Å². The number of halogens is 2. The van der Waals surface area contributed by atoms with Crippen LogP contribution in [-0.2, 0) is 11.2 Å². The first kappa shape index (κ1) is 9.30. The molecule has 0 rings (SSSR count). The van der Waals surface area contributed by atoms with Crippen LogP contribution in [0.3, 0.4) is 0 Å². The molecule has 4 nitrogen and oxygen atoms in total. The van der Waals surface area contributed by atoms with Crippen molar-refractivity contribution >= 4 is 23.0 Å². The van der Waals surface area contributed by atoms with Crippen molar-refractivity contribution < 1.29 is 32.8 Å². The molecule has 0 bridgehead atoms. The predicted molar refractivity (Wildman–Crippen MR) is 31.0 cm³/mol. The fourth-order valence-electron chi connectivity index (χ4n) is 0.123. The van der Waals surface area contributed by atoms with Gasteiger partial charge in [-0.1, -0.05) is 0 Å². The Morgan fingerprint density at radius 2 is 2.25 bits per heavy atom. The molecule has 0 aliphatic carbocycles. The molecule has 0 saturated carbocycles. The number of nitrogens with zero attached hydrogens (tertiary/aromatic N) is 1. The van der Waals surface area contributed by atoms with Crippen LogP contribution < -0.4 is 21.6 Å². The fourth-order valence-corrected chi connectivity index (χ4v) is 1.24. The number of rotatable bonds is 4. The molecule has 52 valence electrons. The molecule has 6 heteroatoms. The van der Waals surface area contributed by atoms with Gasteiger partial charge in [0.1, 0.15) is 0 Å². The zero-order valence-electron chi connectivity index (χ0n) is 4.43. The second kappa shape index (κ2) is 6.42. The van der Waals surface area contributed by atoms with Crippen LogP contribution in [0.2, 0.25) is 0 Å². The van der Waals surface area contributed by atoms with E-state index in [1.165, 1.54) is 7.11 Å². The first-order valence-electron chi connectivity index (χ1n) is 1.64. The van der Waals surface area contributed by atoms with Crippen molar-refractivity contribution in [1.29, 1.82) is 0 Å². The molecule has 0 aromatic heterocycles. The molecule has 0 atom stereocenters. The summed E-state index contributed by atoms with van der Waals surface area (Å²) in [7, 11) is 1.47. The molecular weight excluding hydrogens is 340 g/mol. The Morgan fingerprint density at radius 1 is 1.62 bits per heavy atom. The van der Waals surface area contributed by atoms with Gasteiger partial charge in [0, 0.05) is 0 Å². The molecule has 0 amide bonds. The first-order chi connectivity index (χ1) is 3.85. The van der Waals surface area contributed by atoms with Crippen molar-refractivity contribution in [2.75, 3.05) is 12.0 Å². The van der Waals surface area contributed by atoms with Crippen LogP contribution in [-0.4, -0.2) is 17.4 Å². The summed E-state index contributed by atoms with van der Waals surface area (Å²) in [6.07, 6.45) is 0. The molecule has 0 aromatic rings. The third kappa shape index (κ3) is 4.21. The SMILES string of the molecule is CON(OI)O[I-]C. The van der Waals surface area contributed by atoms with E-state index in [4.69, 9.17) is 3.17 Å². The Labute approximate surface area is 72.8 Å². The third-order valence-electron chi connectivity index (χ3n) is 0.331. The van der Waals surface area contributed by atoms with Crippen molar-refractivity contribution in [3.63, 3.8) is 0 Å². The van der Waals surface area contributed by atoms with Crippen molar-refractivity contribution in [2.24, 2.45) is 0 Å². The normalized spacial score (nSPS) is 11.0. The molecular formula is C2H6I2NO3-. The maximum absolute atomic E-state index is 4.83. The molecule has 0 N–H and O–H groups in total. The van der Waals surface area contributed by atoms with Gasteiger partial charge in [-0.3, -0.25) is 0 Å². The molecule has 0 radical (unpaired) electrons. The summed E-state index contributed by atoms with van der Waals surface area (Å²) >= 11 is 1.39. The Morgan fingerprint density at radius 3 is 2.38 bits per heavy atom. The number of hydrogen-bond acceptors (Lipinski definition) is 4. The van der Waals surface area contributed by atoms with Gasteiger partial charge < -0.3 is 0 Å². The third-order valence-corrected chi connectivity index (χ3v) is 1.37. The molecule has 8 heavy (non-hydrogen) atoms. The van der Waals surface area contributed by atoms with Crippen molar-refractivity contribution in [1.82, 2.24) is 5.39 Å². The summed E-state index contributed by atoms with van der Waals surface area (Å²) in [4.78, 5) is 6.49. The van der Waals surface area contributed by atoms with Crippen LogP contribution in [0.1, 0.15) is 0 Å². The van der Waals surface area contributed by atoms with Crippen LogP contribution in [0.5, 0.6) is 0 Å². The summed E-state index contributed by atoms with van der Waals surface area (Å²) in [5, 5.41) is 0.966. The van der Waals surface area contributed by atoms with Crippen LogP contribution >= 0.6 is 23.0 Å². The van der Waals surface area contributed by atoms with Gasteiger partial charge in [0.25, 0.3) is 0 Å². The minimum atomic E-state index is -0.274. The van der Waals surface area contributed by atoms with Gasteiger partial charge in [0.2, 0.25) is 0 Å². The zero-order chi connectivity index (χ0) is 6.41. The quantitative estimate of drug-likeness (QED) is 0.326. The average molecular weight is 346 g/mol. The molecule has 0 aliphatic rings. The molecule has 0 unspecified atom stereocenters. The number of hydrogen-bond donors (Lipinski definition) is 0. The van der Waals surface area contributed by atoms with Crippen LogP contribution in [0.15, 0.2) is 0 Å². The molecule has 0 aromatic carbocycles. The molecule has 0 saturated heterocycles. The van der Waals surface area contributed by atoms with Gasteiger partial charge in [-0.25, -0.2) is 0 Å². The fraction of sp³-hybridized carbons (Fsp3) is 1.00. The molecule has 0 spiro atoms. The Hall–Kier alpha value is 1.30. The van der Waals surface area contributed by atoms with Crippen LogP contribution in [0.25, 0.3) is 0 Å². The van der Waals surface area contributed by atoms with Gasteiger partial charge in [-0.05, 0) is 0 Å². The van der Waals surface area contributed by atoms with E-state index in [9.17, 15) is 0 Å². The zero-order valence-corrected chi connectivity index (χ0v) is 8.74. The van der Waals surface area contributed by atoms with E-state index < -0.39 is 0 Å². The Bertz CT molecular complexity index is 50.5. The standard InChI is InChI=1S/C2H6I2NO3/c1-4-8-5(6-2)7-3/h1-2H3/q-1. The summed E-state index contributed by atoms with van der Waals surface area (Å²) in [6, 6.07) is 0. The minimum absolute atomic E-state index is 0.274. The predicted octanol–water partition coefficient (Wildman–Crippen LogP) is -2.30. The van der Waals surface area contributed by atoms with E-state index in [1.807, 2.05) is 4.93 Å². The van der Waals surface area contributed by atoms with Gasteiger partial charge in [0.15, 0.2) is 0 Å². The van der Waals surface area contributed by atoms with Crippen LogP contribution in [0, 0.1) is 0 Å². The van der Waals surface area contributed by atoms with Gasteiger partial charge >= 0.3 is 73.2 Å². The van der Waals surface area contributed by atoms with Crippen molar-refractivity contribution in [3.05, 3.63) is 0 Å². The second-order valence-corrected chi connectivity index (χ2v) is 2.37. The summed E-state index contributed by atoms with van der Waals surface area (Å²) in [5.41, 5.74) is 0. The summed E-state index contributed by atoms with van der Waals surface area (Å²) in [5.74, 6) is 0. The van der Waals surface area contributed by atoms with Crippen molar-refractivity contribution in [2.45, 2.75) is 0 Å². The van der Waals surface area contributed by atoms with E-state index >= 15 is 0 Å². The maximum atomic E-state index is 4.83.